The predicted molar refractivity (Wildman–Crippen MR) is 120 cm³/mol. The van der Waals surface area contributed by atoms with Crippen molar-refractivity contribution in [2.45, 2.75) is 39.8 Å². The molecule has 2 aromatic rings. The number of aromatic carboxylic acids is 1. The lowest BCUT2D eigenvalue weighted by molar-refractivity contribution is -0.124. The first kappa shape index (κ1) is 23.5. The molecule has 0 spiro atoms. The third-order valence-electron chi connectivity index (χ3n) is 4.15. The van der Waals surface area contributed by atoms with Crippen molar-refractivity contribution in [2.75, 3.05) is 19.0 Å². The van der Waals surface area contributed by atoms with Crippen LogP contribution in [0.2, 0.25) is 0 Å². The number of nitrogens with one attached hydrogen (secondary N) is 2. The Balaban J connectivity index is 2.10. The molecule has 0 atom stereocenters. The van der Waals surface area contributed by atoms with Crippen LogP contribution in [-0.2, 0) is 11.3 Å². The van der Waals surface area contributed by atoms with Gasteiger partial charge in [0.1, 0.15) is 0 Å². The van der Waals surface area contributed by atoms with Crippen LogP contribution in [0.3, 0.4) is 0 Å². The van der Waals surface area contributed by atoms with Gasteiger partial charge in [0, 0.05) is 22.2 Å². The summed E-state index contributed by atoms with van der Waals surface area (Å²) in [6, 6.07) is 8.53. The summed E-state index contributed by atoms with van der Waals surface area (Å²) in [5.74, 6) is -0.203. The van der Waals surface area contributed by atoms with Gasteiger partial charge < -0.3 is 25.2 Å². The van der Waals surface area contributed by atoms with Crippen LogP contribution in [0.5, 0.6) is 11.5 Å². The first-order valence-corrected chi connectivity index (χ1v) is 10.2. The van der Waals surface area contributed by atoms with E-state index in [1.807, 2.05) is 33.8 Å². The molecule has 30 heavy (non-hydrogen) atoms. The summed E-state index contributed by atoms with van der Waals surface area (Å²) in [5, 5.41) is 15.2. The fraction of sp³-hybridized carbons (Fsp3) is 0.364. The van der Waals surface area contributed by atoms with E-state index in [-0.39, 0.29) is 23.6 Å². The Labute approximate surface area is 184 Å². The SMILES string of the molecule is COc1cc(CNc2ccc(C(=O)O)cc2C)c(Br)cc1OCC(=O)NC(C)(C)C. The number of methoxy groups -OCH3 is 1. The van der Waals surface area contributed by atoms with Crippen molar-refractivity contribution in [1.82, 2.24) is 5.32 Å². The van der Waals surface area contributed by atoms with Gasteiger partial charge in [0.15, 0.2) is 18.1 Å². The lowest BCUT2D eigenvalue weighted by atomic mass is 10.1. The maximum absolute atomic E-state index is 12.0. The van der Waals surface area contributed by atoms with Crippen LogP contribution in [-0.4, -0.2) is 36.2 Å². The Morgan fingerprint density at radius 1 is 1.13 bits per heavy atom. The van der Waals surface area contributed by atoms with Crippen molar-refractivity contribution in [2.24, 2.45) is 0 Å². The summed E-state index contributed by atoms with van der Waals surface area (Å²) >= 11 is 3.54. The largest absolute Gasteiger partial charge is 0.493 e. The molecule has 0 heterocycles. The molecule has 0 bridgehead atoms. The van der Waals surface area contributed by atoms with Crippen LogP contribution in [0.25, 0.3) is 0 Å². The van der Waals surface area contributed by atoms with E-state index >= 15 is 0 Å². The van der Waals surface area contributed by atoms with E-state index in [0.717, 1.165) is 21.3 Å². The number of aryl methyl sites for hydroxylation is 1. The molecule has 0 aliphatic carbocycles. The molecule has 1 amide bonds. The van der Waals surface area contributed by atoms with E-state index in [2.05, 4.69) is 26.6 Å². The zero-order chi connectivity index (χ0) is 22.5. The number of carboxylic acids is 1. The van der Waals surface area contributed by atoms with Crippen LogP contribution < -0.4 is 20.1 Å². The van der Waals surface area contributed by atoms with Gasteiger partial charge in [-0.25, -0.2) is 4.79 Å². The van der Waals surface area contributed by atoms with Crippen LogP contribution in [0.15, 0.2) is 34.8 Å². The maximum Gasteiger partial charge on any atom is 0.335 e. The summed E-state index contributed by atoms with van der Waals surface area (Å²) in [6.07, 6.45) is 0. The number of carbonyl (C=O) groups excluding carboxylic acids is 1. The topological polar surface area (TPSA) is 96.9 Å². The zero-order valence-corrected chi connectivity index (χ0v) is 19.3. The van der Waals surface area contributed by atoms with E-state index in [9.17, 15) is 9.59 Å². The minimum atomic E-state index is -0.955. The number of amides is 1. The molecule has 7 nitrogen and oxygen atoms in total. The number of halogens is 1. The van der Waals surface area contributed by atoms with Crippen molar-refractivity contribution in [3.63, 3.8) is 0 Å². The minimum absolute atomic E-state index is 0.118. The molecule has 162 valence electrons. The van der Waals surface area contributed by atoms with Gasteiger partial charge in [-0.1, -0.05) is 15.9 Å². The summed E-state index contributed by atoms with van der Waals surface area (Å²) < 4.78 is 11.9. The van der Waals surface area contributed by atoms with E-state index in [1.165, 1.54) is 7.11 Å². The third-order valence-corrected chi connectivity index (χ3v) is 4.89. The first-order chi connectivity index (χ1) is 14.0. The van der Waals surface area contributed by atoms with E-state index in [1.54, 1.807) is 24.3 Å². The molecule has 0 aliphatic heterocycles. The lowest BCUT2D eigenvalue weighted by Gasteiger charge is -2.21. The monoisotopic (exact) mass is 478 g/mol. The van der Waals surface area contributed by atoms with Gasteiger partial charge in [-0.3, -0.25) is 4.79 Å². The molecule has 0 saturated carbocycles. The molecule has 0 fully saturated rings. The number of hydrogen-bond acceptors (Lipinski definition) is 5. The predicted octanol–water partition coefficient (Wildman–Crippen LogP) is 4.37. The Hall–Kier alpha value is -2.74. The fourth-order valence-corrected chi connectivity index (χ4v) is 3.23. The number of anilines is 1. The number of hydrogen-bond donors (Lipinski definition) is 3. The number of carbonyl (C=O) groups is 2. The van der Waals surface area contributed by atoms with Crippen molar-refractivity contribution >= 4 is 33.5 Å². The minimum Gasteiger partial charge on any atom is -0.493 e. The van der Waals surface area contributed by atoms with Crippen LogP contribution >= 0.6 is 15.9 Å². The second-order valence-electron chi connectivity index (χ2n) is 7.87. The molecule has 3 N–H and O–H groups in total. The Kier molecular flexibility index (Phi) is 7.72. The lowest BCUT2D eigenvalue weighted by Crippen LogP contribution is -2.43. The zero-order valence-electron chi connectivity index (χ0n) is 17.8. The highest BCUT2D eigenvalue weighted by Gasteiger charge is 2.16. The number of ether oxygens (including phenoxy) is 2. The summed E-state index contributed by atoms with van der Waals surface area (Å²) in [7, 11) is 1.54. The molecule has 0 aliphatic rings. The van der Waals surface area contributed by atoms with Crippen LogP contribution in [0, 0.1) is 6.92 Å². The van der Waals surface area contributed by atoms with Gasteiger partial charge in [0.25, 0.3) is 5.91 Å². The molecular formula is C22H27BrN2O5. The highest BCUT2D eigenvalue weighted by Crippen LogP contribution is 2.34. The molecule has 8 heteroatoms. The summed E-state index contributed by atoms with van der Waals surface area (Å²) in [5.41, 5.74) is 2.51. The number of carboxylic acid groups (broad SMARTS) is 1. The Morgan fingerprint density at radius 2 is 1.83 bits per heavy atom. The molecule has 0 saturated heterocycles. The Morgan fingerprint density at radius 3 is 2.40 bits per heavy atom. The molecule has 0 radical (unpaired) electrons. The quantitative estimate of drug-likeness (QED) is 0.521. The summed E-state index contributed by atoms with van der Waals surface area (Å²) in [4.78, 5) is 23.1. The van der Waals surface area contributed by atoms with Gasteiger partial charge in [-0.05, 0) is 69.2 Å². The van der Waals surface area contributed by atoms with Crippen LogP contribution in [0.4, 0.5) is 5.69 Å². The fourth-order valence-electron chi connectivity index (χ4n) is 2.77. The molecule has 2 aromatic carbocycles. The van der Waals surface area contributed by atoms with Gasteiger partial charge in [0.05, 0.1) is 12.7 Å². The smallest absolute Gasteiger partial charge is 0.335 e. The normalized spacial score (nSPS) is 11.0. The maximum atomic E-state index is 12.0. The van der Waals surface area contributed by atoms with Gasteiger partial charge in [-0.2, -0.15) is 0 Å². The second-order valence-corrected chi connectivity index (χ2v) is 8.72. The molecule has 0 unspecified atom stereocenters. The standard InChI is InChI=1S/C22H27BrN2O5/c1-13-8-14(21(27)28)6-7-17(13)24-11-15-9-18(29-5)19(10-16(15)23)30-12-20(26)25-22(2,3)4/h6-10,24H,11-12H2,1-5H3,(H,25,26)(H,27,28). The first-order valence-electron chi connectivity index (χ1n) is 9.38. The van der Waals surface area contributed by atoms with E-state index in [4.69, 9.17) is 14.6 Å². The summed E-state index contributed by atoms with van der Waals surface area (Å²) in [6.45, 7) is 7.92. The van der Waals surface area contributed by atoms with Crippen molar-refractivity contribution in [3.05, 3.63) is 51.5 Å². The Bertz CT molecular complexity index is 938. The van der Waals surface area contributed by atoms with Crippen LogP contribution in [0.1, 0.15) is 42.3 Å². The molecule has 0 aromatic heterocycles. The van der Waals surface area contributed by atoms with Gasteiger partial charge in [-0.15, -0.1) is 0 Å². The highest BCUT2D eigenvalue weighted by atomic mass is 79.9. The third kappa shape index (κ3) is 6.66. The average Bonchev–Trinajstić information content (AvgIpc) is 2.64. The number of benzene rings is 2. The van der Waals surface area contributed by atoms with Crippen molar-refractivity contribution in [1.29, 1.82) is 0 Å². The van der Waals surface area contributed by atoms with E-state index < -0.39 is 5.97 Å². The number of rotatable bonds is 8. The highest BCUT2D eigenvalue weighted by molar-refractivity contribution is 9.10. The van der Waals surface area contributed by atoms with Crippen molar-refractivity contribution in [3.8, 4) is 11.5 Å². The second kappa shape index (κ2) is 9.84. The van der Waals surface area contributed by atoms with Gasteiger partial charge >= 0.3 is 5.97 Å². The van der Waals surface area contributed by atoms with E-state index in [0.29, 0.717) is 18.0 Å². The molecule has 2 rings (SSSR count). The average molecular weight is 479 g/mol. The van der Waals surface area contributed by atoms with Gasteiger partial charge in [0.2, 0.25) is 0 Å². The molecular weight excluding hydrogens is 452 g/mol. The van der Waals surface area contributed by atoms with Crippen molar-refractivity contribution < 1.29 is 24.2 Å².